The molecule has 5 rings (SSSR count). The number of ether oxygens (including phenoxy) is 5. The lowest BCUT2D eigenvalue weighted by molar-refractivity contribution is -0.139. The van der Waals surface area contributed by atoms with Gasteiger partial charge in [-0.15, -0.1) is 0 Å². The van der Waals surface area contributed by atoms with E-state index in [1.165, 1.54) is 23.5 Å². The third kappa shape index (κ3) is 12.9. The van der Waals surface area contributed by atoms with E-state index in [0.717, 1.165) is 50.7 Å². The highest BCUT2D eigenvalue weighted by Crippen LogP contribution is 2.31. The maximum Gasteiger partial charge on any atom is 0.245 e. The second-order valence-corrected chi connectivity index (χ2v) is 15.2. The number of likely N-dealkylation sites (tertiary alicyclic amines) is 1. The predicted octanol–water partition coefficient (Wildman–Crippen LogP) is 5.51. The summed E-state index contributed by atoms with van der Waals surface area (Å²) < 4.78 is 30.4. The number of nitrogens with one attached hydrogen (secondary N) is 2. The topological polar surface area (TPSA) is 130 Å². The second kappa shape index (κ2) is 22.7. The molecule has 2 heterocycles. The van der Waals surface area contributed by atoms with Gasteiger partial charge in [0.2, 0.25) is 17.6 Å². The number of ketones is 1. The molecule has 0 bridgehead atoms. The highest BCUT2D eigenvalue weighted by molar-refractivity contribution is 7.06. The third-order valence-electron chi connectivity index (χ3n) is 10.5. The van der Waals surface area contributed by atoms with Crippen LogP contribution in [0.2, 0.25) is 0 Å². The monoisotopic (exact) mass is 780 g/mol. The molecule has 2 N–H and O–H groups in total. The Kier molecular flexibility index (Phi) is 17.5. The molecule has 2 amide bonds. The number of carbonyl (C=O) groups excluding carboxylic acids is 3. The van der Waals surface area contributed by atoms with Crippen LogP contribution in [0.3, 0.4) is 0 Å². The molecule has 55 heavy (non-hydrogen) atoms. The fraction of sp³-hybridized carbons (Fsp3) is 0.595. The van der Waals surface area contributed by atoms with Gasteiger partial charge in [-0.2, -0.15) is 0 Å². The van der Waals surface area contributed by atoms with E-state index in [1.807, 2.05) is 45.4 Å². The SMILES string of the molecule is CCc1cccc(OCCOCCOCCOCCOc2cccc(C(=O)c3csn3C[C@@H]3CCCN3C(=O)[C@@H](NC(=O)[C@H](C)NC)C3CCCCC3)c2)c1. The molecule has 2 aliphatic rings. The minimum Gasteiger partial charge on any atom is -0.491 e. The van der Waals surface area contributed by atoms with Gasteiger partial charge in [0.15, 0.2) is 0 Å². The van der Waals surface area contributed by atoms with Crippen LogP contribution in [0.15, 0.2) is 53.9 Å². The molecule has 0 radical (unpaired) electrons. The zero-order valence-electron chi connectivity index (χ0n) is 32.8. The summed E-state index contributed by atoms with van der Waals surface area (Å²) in [6.07, 6.45) is 7.96. The summed E-state index contributed by atoms with van der Waals surface area (Å²) in [7, 11) is 1.75. The Morgan fingerprint density at radius 1 is 0.818 bits per heavy atom. The number of hydrogen-bond donors (Lipinski definition) is 2. The zero-order chi connectivity index (χ0) is 38.8. The normalized spacial score (nSPS) is 17.2. The van der Waals surface area contributed by atoms with E-state index in [9.17, 15) is 14.4 Å². The van der Waals surface area contributed by atoms with E-state index >= 15 is 0 Å². The van der Waals surface area contributed by atoms with Gasteiger partial charge >= 0.3 is 0 Å². The van der Waals surface area contributed by atoms with Crippen molar-refractivity contribution in [3.05, 3.63) is 70.7 Å². The molecule has 1 aliphatic heterocycles. The van der Waals surface area contributed by atoms with E-state index in [0.29, 0.717) is 83.0 Å². The Balaban J connectivity index is 0.994. The molecule has 1 aliphatic carbocycles. The van der Waals surface area contributed by atoms with Crippen LogP contribution in [0.25, 0.3) is 0 Å². The molecule has 0 unspecified atom stereocenters. The first-order valence-electron chi connectivity index (χ1n) is 20.0. The van der Waals surface area contributed by atoms with Crippen molar-refractivity contribution in [2.24, 2.45) is 5.92 Å². The predicted molar refractivity (Wildman–Crippen MR) is 213 cm³/mol. The van der Waals surface area contributed by atoms with Crippen LogP contribution in [0.1, 0.15) is 80.4 Å². The summed E-state index contributed by atoms with van der Waals surface area (Å²) >= 11 is 1.49. The summed E-state index contributed by atoms with van der Waals surface area (Å²) in [4.78, 5) is 42.5. The molecule has 2 fully saturated rings. The lowest BCUT2D eigenvalue weighted by atomic mass is 9.83. The molecular weight excluding hydrogens is 721 g/mol. The summed E-state index contributed by atoms with van der Waals surface area (Å²) in [5, 5.41) is 7.96. The van der Waals surface area contributed by atoms with E-state index in [1.54, 1.807) is 19.2 Å². The largest absolute Gasteiger partial charge is 0.491 e. The molecule has 3 atom stereocenters. The van der Waals surface area contributed by atoms with Gasteiger partial charge in [-0.25, -0.2) is 0 Å². The van der Waals surface area contributed by atoms with Gasteiger partial charge in [0.25, 0.3) is 0 Å². The average molecular weight is 781 g/mol. The van der Waals surface area contributed by atoms with Gasteiger partial charge < -0.3 is 39.2 Å². The second-order valence-electron chi connectivity index (χ2n) is 14.3. The number of amides is 2. The lowest BCUT2D eigenvalue weighted by Crippen LogP contribution is -2.56. The first-order valence-corrected chi connectivity index (χ1v) is 20.9. The summed E-state index contributed by atoms with van der Waals surface area (Å²) in [6, 6.07) is 14.4. The van der Waals surface area contributed by atoms with Crippen molar-refractivity contribution in [1.82, 2.24) is 19.5 Å². The van der Waals surface area contributed by atoms with Crippen LogP contribution < -0.4 is 20.1 Å². The number of aromatic nitrogens is 1. The Morgan fingerprint density at radius 3 is 2.07 bits per heavy atom. The molecule has 2 aromatic carbocycles. The Morgan fingerprint density at radius 2 is 1.45 bits per heavy atom. The number of nitrogens with zero attached hydrogens (tertiary/aromatic N) is 2. The van der Waals surface area contributed by atoms with Crippen molar-refractivity contribution < 1.29 is 38.1 Å². The van der Waals surface area contributed by atoms with E-state index in [2.05, 4.69) is 29.7 Å². The summed E-state index contributed by atoms with van der Waals surface area (Å²) in [6.45, 7) is 8.73. The molecule has 1 saturated carbocycles. The van der Waals surface area contributed by atoms with Gasteiger partial charge in [-0.3, -0.25) is 18.3 Å². The van der Waals surface area contributed by atoms with Gasteiger partial charge in [-0.05, 0) is 81.8 Å². The van der Waals surface area contributed by atoms with Crippen LogP contribution in [0.4, 0.5) is 0 Å². The molecule has 13 heteroatoms. The van der Waals surface area contributed by atoms with Gasteiger partial charge in [0, 0.05) is 17.5 Å². The van der Waals surface area contributed by atoms with Crippen molar-refractivity contribution in [1.29, 1.82) is 0 Å². The first kappa shape index (κ1) is 42.4. The summed E-state index contributed by atoms with van der Waals surface area (Å²) in [5.74, 6) is 1.37. The number of benzene rings is 2. The molecule has 1 saturated heterocycles. The van der Waals surface area contributed by atoms with Crippen molar-refractivity contribution >= 4 is 29.1 Å². The highest BCUT2D eigenvalue weighted by atomic mass is 32.1. The molecule has 1 aromatic heterocycles. The van der Waals surface area contributed by atoms with Gasteiger partial charge in [0.1, 0.15) is 36.4 Å². The van der Waals surface area contributed by atoms with Crippen molar-refractivity contribution in [3.8, 4) is 11.5 Å². The van der Waals surface area contributed by atoms with E-state index < -0.39 is 6.04 Å². The van der Waals surface area contributed by atoms with Crippen molar-refractivity contribution in [3.63, 3.8) is 0 Å². The van der Waals surface area contributed by atoms with E-state index in [-0.39, 0.29) is 35.6 Å². The molecular formula is C42H60N4O8S. The van der Waals surface area contributed by atoms with Crippen LogP contribution in [0.5, 0.6) is 11.5 Å². The quantitative estimate of drug-likeness (QED) is 0.0893. The number of carbonyl (C=O) groups is 3. The standard InChI is InChI=1S/C42H60N4O8S/c1-4-32-11-8-16-36(27-32)53-25-23-51-21-19-50-20-22-52-24-26-54-37-17-9-14-34(28-37)40(47)38-30-55-46(38)29-35-15-10-18-45(35)42(49)39(33-12-6-5-7-13-33)44-41(48)31(2)43-3/h8-9,11,14,16-17,27-28,30-31,33,35,39,43H,4-7,10,12-13,15,18-26,29H2,1-3H3,(H,44,48)/t31-,35-,39-/m0/s1. The Bertz CT molecular complexity index is 1620. The van der Waals surface area contributed by atoms with Crippen LogP contribution >= 0.6 is 11.5 Å². The maximum atomic E-state index is 14.1. The first-order chi connectivity index (χ1) is 26.9. The van der Waals surface area contributed by atoms with Crippen LogP contribution in [0, 0.1) is 5.92 Å². The Hall–Kier alpha value is -3.75. The fourth-order valence-electron chi connectivity index (χ4n) is 7.14. The molecule has 0 spiro atoms. The number of aryl methyl sites for hydroxylation is 1. The Labute approximate surface area is 330 Å². The number of likely N-dealkylation sites (N-methyl/N-ethyl adjacent to an activating group) is 1. The molecule has 3 aromatic rings. The fourth-order valence-corrected chi connectivity index (χ4v) is 7.95. The average Bonchev–Trinajstić information content (AvgIpc) is 3.68. The molecule has 302 valence electrons. The highest BCUT2D eigenvalue weighted by Gasteiger charge is 2.39. The van der Waals surface area contributed by atoms with Crippen LogP contribution in [-0.2, 0) is 36.8 Å². The number of hydrogen-bond acceptors (Lipinski definition) is 10. The third-order valence-corrected chi connectivity index (χ3v) is 11.4. The van der Waals surface area contributed by atoms with Gasteiger partial charge in [-0.1, -0.05) is 62.0 Å². The maximum absolute atomic E-state index is 14.1. The number of rotatable bonds is 24. The zero-order valence-corrected chi connectivity index (χ0v) is 33.6. The van der Waals surface area contributed by atoms with Gasteiger partial charge in [0.05, 0.1) is 58.3 Å². The minimum absolute atomic E-state index is 0.00587. The minimum atomic E-state index is -0.525. The lowest BCUT2D eigenvalue weighted by Gasteiger charge is -2.36. The van der Waals surface area contributed by atoms with E-state index in [4.69, 9.17) is 23.7 Å². The smallest absolute Gasteiger partial charge is 0.245 e. The van der Waals surface area contributed by atoms with Crippen molar-refractivity contribution in [2.75, 3.05) is 66.4 Å². The van der Waals surface area contributed by atoms with Crippen molar-refractivity contribution in [2.45, 2.75) is 89.9 Å². The molecule has 12 nitrogen and oxygen atoms in total. The summed E-state index contributed by atoms with van der Waals surface area (Å²) in [5.41, 5.74) is 2.40. The van der Waals surface area contributed by atoms with Crippen LogP contribution in [-0.4, -0.2) is 111 Å².